The van der Waals surface area contributed by atoms with Gasteiger partial charge in [0.1, 0.15) is 6.61 Å². The summed E-state index contributed by atoms with van der Waals surface area (Å²) in [4.78, 5) is 10.9. The highest BCUT2D eigenvalue weighted by atomic mass is 32.2. The van der Waals surface area contributed by atoms with Crippen molar-refractivity contribution in [3.63, 3.8) is 0 Å². The molecule has 5 heteroatoms. The van der Waals surface area contributed by atoms with E-state index in [1.807, 2.05) is 11.8 Å². The van der Waals surface area contributed by atoms with Crippen molar-refractivity contribution in [3.8, 4) is 0 Å². The van der Waals surface area contributed by atoms with Gasteiger partial charge in [-0.15, -0.1) is 0 Å². The minimum atomic E-state index is -0.437. The van der Waals surface area contributed by atoms with Gasteiger partial charge < -0.3 is 15.2 Å². The second-order valence-corrected chi connectivity index (χ2v) is 4.18. The molecule has 0 bridgehead atoms. The van der Waals surface area contributed by atoms with E-state index in [1.165, 1.54) is 18.6 Å². The van der Waals surface area contributed by atoms with Crippen LogP contribution in [0.5, 0.6) is 0 Å². The number of aliphatic hydroxyl groups is 1. The quantitative estimate of drug-likeness (QED) is 0.596. The molecule has 0 atom stereocenters. The lowest BCUT2D eigenvalue weighted by atomic mass is 10.2. The van der Waals surface area contributed by atoms with Gasteiger partial charge in [-0.2, -0.15) is 11.8 Å². The highest BCUT2D eigenvalue weighted by Gasteiger charge is 1.99. The number of aliphatic hydroxyl groups excluding tert-OH is 1. The normalized spacial score (nSPS) is 10.0. The molecule has 0 unspecified atom stereocenters. The first-order valence-corrected chi connectivity index (χ1v) is 6.71. The molecule has 0 aromatic rings. The van der Waals surface area contributed by atoms with Gasteiger partial charge in [0.15, 0.2) is 0 Å². The van der Waals surface area contributed by atoms with E-state index in [-0.39, 0.29) is 13.2 Å². The number of thioether (sulfide) groups is 1. The lowest BCUT2D eigenvalue weighted by Gasteiger charge is -2.05. The first kappa shape index (κ1) is 14.6. The molecule has 15 heavy (non-hydrogen) atoms. The van der Waals surface area contributed by atoms with Crippen LogP contribution in [0, 0.1) is 0 Å². The van der Waals surface area contributed by atoms with E-state index in [9.17, 15) is 4.79 Å². The van der Waals surface area contributed by atoms with Crippen LogP contribution in [0.3, 0.4) is 0 Å². The summed E-state index contributed by atoms with van der Waals surface area (Å²) in [6.45, 7) is 0.602. The number of amides is 1. The molecule has 0 aliphatic carbocycles. The van der Waals surface area contributed by atoms with Crippen LogP contribution >= 0.6 is 11.8 Å². The van der Waals surface area contributed by atoms with E-state index in [2.05, 4.69) is 16.3 Å². The summed E-state index contributed by atoms with van der Waals surface area (Å²) >= 11 is 1.87. The lowest BCUT2D eigenvalue weighted by Crippen LogP contribution is -2.26. The molecule has 4 nitrogen and oxygen atoms in total. The molecule has 0 aromatic carbocycles. The summed E-state index contributed by atoms with van der Waals surface area (Å²) in [6.07, 6.45) is 6.26. The maximum absolute atomic E-state index is 10.9. The van der Waals surface area contributed by atoms with Crippen LogP contribution in [0.15, 0.2) is 0 Å². The molecule has 0 radical (unpaired) electrons. The van der Waals surface area contributed by atoms with Crippen molar-refractivity contribution in [2.24, 2.45) is 0 Å². The van der Waals surface area contributed by atoms with E-state index in [0.29, 0.717) is 6.54 Å². The molecule has 0 aliphatic rings. The molecule has 2 N–H and O–H groups in total. The Hall–Kier alpha value is -0.420. The average molecular weight is 235 g/mol. The van der Waals surface area contributed by atoms with Crippen molar-refractivity contribution in [1.82, 2.24) is 5.32 Å². The molecule has 0 spiro atoms. The van der Waals surface area contributed by atoms with Gasteiger partial charge in [-0.05, 0) is 24.9 Å². The topological polar surface area (TPSA) is 58.6 Å². The van der Waals surface area contributed by atoms with Crippen molar-refractivity contribution >= 4 is 17.9 Å². The number of carbonyl (C=O) groups is 1. The second kappa shape index (κ2) is 11.7. The molecule has 1 amide bonds. The SMILES string of the molecule is CSCCCCCCNC(=O)OCCO. The summed E-state index contributed by atoms with van der Waals surface area (Å²) in [5, 5.41) is 11.0. The summed E-state index contributed by atoms with van der Waals surface area (Å²) in [5.41, 5.74) is 0. The molecule has 0 aliphatic heterocycles. The zero-order chi connectivity index (χ0) is 11.4. The summed E-state index contributed by atoms with van der Waals surface area (Å²) in [5.74, 6) is 1.21. The molecule has 0 rings (SSSR count). The molecule has 0 aromatic heterocycles. The van der Waals surface area contributed by atoms with Crippen LogP contribution in [-0.2, 0) is 4.74 Å². The Morgan fingerprint density at radius 1 is 1.33 bits per heavy atom. The Kier molecular flexibility index (Phi) is 11.3. The second-order valence-electron chi connectivity index (χ2n) is 3.19. The minimum Gasteiger partial charge on any atom is -0.447 e. The van der Waals surface area contributed by atoms with Gasteiger partial charge in [0.25, 0.3) is 0 Å². The standard InChI is InChI=1S/C10H21NO3S/c1-15-9-5-3-2-4-6-11-10(13)14-8-7-12/h12H,2-9H2,1H3,(H,11,13). The zero-order valence-corrected chi connectivity index (χ0v) is 10.1. The predicted octanol–water partition coefficient (Wildman–Crippen LogP) is 1.63. The number of rotatable bonds is 9. The number of nitrogens with one attached hydrogen (secondary N) is 1. The van der Waals surface area contributed by atoms with E-state index in [4.69, 9.17) is 5.11 Å². The lowest BCUT2D eigenvalue weighted by molar-refractivity contribution is 0.119. The number of unbranched alkanes of at least 4 members (excludes halogenated alkanes) is 3. The molecule has 90 valence electrons. The first-order valence-electron chi connectivity index (χ1n) is 5.31. The number of alkyl carbamates (subject to hydrolysis) is 1. The number of hydrogen-bond acceptors (Lipinski definition) is 4. The third-order valence-corrected chi connectivity index (χ3v) is 2.57. The van der Waals surface area contributed by atoms with E-state index >= 15 is 0 Å². The van der Waals surface area contributed by atoms with Gasteiger partial charge in [0.05, 0.1) is 6.61 Å². The van der Waals surface area contributed by atoms with Crippen molar-refractivity contribution in [2.45, 2.75) is 25.7 Å². The van der Waals surface area contributed by atoms with Gasteiger partial charge in [-0.1, -0.05) is 12.8 Å². The van der Waals surface area contributed by atoms with Crippen LogP contribution in [0.4, 0.5) is 4.79 Å². The minimum absolute atomic E-state index is 0.0690. The molecule has 0 saturated carbocycles. The van der Waals surface area contributed by atoms with Gasteiger partial charge in [0.2, 0.25) is 0 Å². The van der Waals surface area contributed by atoms with Crippen LogP contribution in [-0.4, -0.2) is 43.0 Å². The summed E-state index contributed by atoms with van der Waals surface area (Å²) in [7, 11) is 0. The third-order valence-electron chi connectivity index (χ3n) is 1.87. The number of ether oxygens (including phenoxy) is 1. The van der Waals surface area contributed by atoms with Crippen molar-refractivity contribution in [3.05, 3.63) is 0 Å². The van der Waals surface area contributed by atoms with Crippen LogP contribution in [0.1, 0.15) is 25.7 Å². The molecule has 0 fully saturated rings. The Bertz CT molecular complexity index is 156. The van der Waals surface area contributed by atoms with E-state index in [0.717, 1.165) is 12.8 Å². The van der Waals surface area contributed by atoms with E-state index < -0.39 is 6.09 Å². The highest BCUT2D eigenvalue weighted by Crippen LogP contribution is 2.03. The highest BCUT2D eigenvalue weighted by molar-refractivity contribution is 7.98. The van der Waals surface area contributed by atoms with Crippen molar-refractivity contribution in [2.75, 3.05) is 31.8 Å². The molecule has 0 heterocycles. The van der Waals surface area contributed by atoms with Crippen LogP contribution < -0.4 is 5.32 Å². The van der Waals surface area contributed by atoms with Crippen molar-refractivity contribution in [1.29, 1.82) is 0 Å². The van der Waals surface area contributed by atoms with Crippen LogP contribution in [0.25, 0.3) is 0 Å². The zero-order valence-electron chi connectivity index (χ0n) is 9.33. The fraction of sp³-hybridized carbons (Fsp3) is 0.900. The smallest absolute Gasteiger partial charge is 0.407 e. The maximum Gasteiger partial charge on any atom is 0.407 e. The first-order chi connectivity index (χ1) is 7.31. The molecular weight excluding hydrogens is 214 g/mol. The average Bonchev–Trinajstić information content (AvgIpc) is 2.25. The monoisotopic (exact) mass is 235 g/mol. The third kappa shape index (κ3) is 11.5. The number of carbonyl (C=O) groups excluding carboxylic acids is 1. The maximum atomic E-state index is 10.9. The fourth-order valence-electron chi connectivity index (χ4n) is 1.10. The summed E-state index contributed by atoms with van der Waals surface area (Å²) < 4.78 is 4.63. The van der Waals surface area contributed by atoms with E-state index in [1.54, 1.807) is 0 Å². The fourth-order valence-corrected chi connectivity index (χ4v) is 1.60. The summed E-state index contributed by atoms with van der Waals surface area (Å²) in [6, 6.07) is 0. The van der Waals surface area contributed by atoms with Gasteiger partial charge in [-0.25, -0.2) is 4.79 Å². The Labute approximate surface area is 95.8 Å². The van der Waals surface area contributed by atoms with Gasteiger partial charge in [0, 0.05) is 6.54 Å². The van der Waals surface area contributed by atoms with Gasteiger partial charge >= 0.3 is 6.09 Å². The number of hydrogen-bond donors (Lipinski definition) is 2. The Morgan fingerprint density at radius 2 is 2.07 bits per heavy atom. The van der Waals surface area contributed by atoms with Gasteiger partial charge in [-0.3, -0.25) is 0 Å². The van der Waals surface area contributed by atoms with Crippen molar-refractivity contribution < 1.29 is 14.6 Å². The predicted molar refractivity (Wildman–Crippen MR) is 63.3 cm³/mol. The Balaban J connectivity index is 3.06. The molecular formula is C10H21NO3S. The largest absolute Gasteiger partial charge is 0.447 e. The Morgan fingerprint density at radius 3 is 2.73 bits per heavy atom. The molecule has 0 saturated heterocycles. The van der Waals surface area contributed by atoms with Crippen LogP contribution in [0.2, 0.25) is 0 Å².